The molecule has 0 unspecified atom stereocenters. The van der Waals surface area contributed by atoms with Crippen molar-refractivity contribution in [3.8, 4) is 0 Å². The van der Waals surface area contributed by atoms with Crippen LogP contribution in [0.5, 0.6) is 0 Å². The summed E-state index contributed by atoms with van der Waals surface area (Å²) in [4.78, 5) is 26.9. The van der Waals surface area contributed by atoms with E-state index in [9.17, 15) is 9.59 Å². The maximum atomic E-state index is 12.5. The Labute approximate surface area is 152 Å². The third-order valence-electron chi connectivity index (χ3n) is 6.29. The second kappa shape index (κ2) is 9.44. The minimum absolute atomic E-state index is 0.0783. The molecule has 0 aromatic carbocycles. The zero-order valence-corrected chi connectivity index (χ0v) is 15.6. The Bertz CT molecular complexity index is 432. The van der Waals surface area contributed by atoms with Crippen LogP contribution in [0.25, 0.3) is 0 Å². The van der Waals surface area contributed by atoms with Crippen LogP contribution in [0.2, 0.25) is 0 Å². The molecule has 1 saturated heterocycles. The van der Waals surface area contributed by atoms with E-state index in [0.29, 0.717) is 25.2 Å². The van der Waals surface area contributed by atoms with E-state index in [4.69, 9.17) is 0 Å². The van der Waals surface area contributed by atoms with E-state index in [0.717, 1.165) is 38.5 Å². The lowest BCUT2D eigenvalue weighted by Gasteiger charge is -2.34. The van der Waals surface area contributed by atoms with Gasteiger partial charge in [-0.3, -0.25) is 4.79 Å². The van der Waals surface area contributed by atoms with Gasteiger partial charge in [0, 0.05) is 31.1 Å². The summed E-state index contributed by atoms with van der Waals surface area (Å²) in [5.74, 6) is 0.307. The molecule has 0 aromatic heterocycles. The summed E-state index contributed by atoms with van der Waals surface area (Å²) in [6.45, 7) is 1.42. The smallest absolute Gasteiger partial charge is 0.317 e. The summed E-state index contributed by atoms with van der Waals surface area (Å²) < 4.78 is 0. The fourth-order valence-electron chi connectivity index (χ4n) is 4.60. The zero-order valence-electron chi connectivity index (χ0n) is 15.6. The first-order valence-electron chi connectivity index (χ1n) is 10.6. The minimum atomic E-state index is 0.0783. The second-order valence-corrected chi connectivity index (χ2v) is 8.24. The zero-order chi connectivity index (χ0) is 17.5. The van der Waals surface area contributed by atoms with Gasteiger partial charge in [-0.15, -0.1) is 0 Å². The van der Waals surface area contributed by atoms with Gasteiger partial charge in [0.1, 0.15) is 0 Å². The average molecular weight is 350 g/mol. The Balaban J connectivity index is 1.38. The number of carbonyl (C=O) groups excluding carboxylic acids is 2. The van der Waals surface area contributed by atoms with Crippen LogP contribution in [0.15, 0.2) is 0 Å². The van der Waals surface area contributed by atoms with Gasteiger partial charge in [0.2, 0.25) is 5.91 Å². The lowest BCUT2D eigenvalue weighted by molar-refractivity contribution is -0.127. The normalized spacial score (nSPS) is 24.6. The van der Waals surface area contributed by atoms with E-state index < -0.39 is 0 Å². The van der Waals surface area contributed by atoms with Gasteiger partial charge in [-0.05, 0) is 38.5 Å². The molecule has 1 aliphatic heterocycles. The number of nitrogens with zero attached hydrogens (tertiary/aromatic N) is 1. The Morgan fingerprint density at radius 2 is 1.12 bits per heavy atom. The molecule has 5 heteroatoms. The first-order chi connectivity index (χ1) is 12.2. The standard InChI is InChI=1S/C20H35N3O2/c24-19(21-17-8-4-1-2-5-9-17)16-12-14-23(15-13-16)20(25)22-18-10-6-3-7-11-18/h16-18H,1-15H2,(H,21,24)(H,22,25). The van der Waals surface area contributed by atoms with Crippen LogP contribution in [0.3, 0.4) is 0 Å². The number of hydrogen-bond acceptors (Lipinski definition) is 2. The van der Waals surface area contributed by atoms with Crippen molar-refractivity contribution in [2.24, 2.45) is 5.92 Å². The molecule has 2 N–H and O–H groups in total. The van der Waals surface area contributed by atoms with Crippen LogP contribution in [-0.4, -0.2) is 42.0 Å². The molecule has 3 fully saturated rings. The van der Waals surface area contributed by atoms with Crippen LogP contribution in [0.1, 0.15) is 83.5 Å². The molecule has 2 saturated carbocycles. The molecule has 0 atom stereocenters. The Hall–Kier alpha value is -1.26. The molecule has 0 spiro atoms. The van der Waals surface area contributed by atoms with Crippen molar-refractivity contribution in [2.45, 2.75) is 95.6 Å². The number of rotatable bonds is 3. The van der Waals surface area contributed by atoms with Crippen LogP contribution in [0, 0.1) is 5.92 Å². The Morgan fingerprint density at radius 3 is 1.68 bits per heavy atom. The number of likely N-dealkylation sites (tertiary alicyclic amines) is 1. The van der Waals surface area contributed by atoms with Gasteiger partial charge in [0.05, 0.1) is 0 Å². The van der Waals surface area contributed by atoms with Gasteiger partial charge in [-0.1, -0.05) is 44.9 Å². The molecule has 142 valence electrons. The highest BCUT2D eigenvalue weighted by Crippen LogP contribution is 2.22. The van der Waals surface area contributed by atoms with Crippen LogP contribution in [0.4, 0.5) is 4.79 Å². The number of amides is 3. The molecule has 1 heterocycles. The van der Waals surface area contributed by atoms with E-state index in [2.05, 4.69) is 10.6 Å². The fourth-order valence-corrected chi connectivity index (χ4v) is 4.60. The summed E-state index contributed by atoms with van der Waals surface area (Å²) in [5, 5.41) is 6.47. The molecular weight excluding hydrogens is 314 g/mol. The van der Waals surface area contributed by atoms with Gasteiger partial charge >= 0.3 is 6.03 Å². The molecule has 25 heavy (non-hydrogen) atoms. The van der Waals surface area contributed by atoms with Crippen molar-refractivity contribution in [2.75, 3.05) is 13.1 Å². The highest BCUT2D eigenvalue weighted by atomic mass is 16.2. The third kappa shape index (κ3) is 5.61. The van der Waals surface area contributed by atoms with E-state index in [1.54, 1.807) is 0 Å². The van der Waals surface area contributed by atoms with Crippen molar-refractivity contribution < 1.29 is 9.59 Å². The van der Waals surface area contributed by atoms with E-state index in [-0.39, 0.29) is 17.9 Å². The van der Waals surface area contributed by atoms with Crippen LogP contribution in [-0.2, 0) is 4.79 Å². The number of urea groups is 1. The van der Waals surface area contributed by atoms with Gasteiger partial charge in [-0.25, -0.2) is 4.79 Å². The Morgan fingerprint density at radius 1 is 0.640 bits per heavy atom. The molecule has 5 nitrogen and oxygen atoms in total. The molecule has 0 radical (unpaired) electrons. The molecule has 3 rings (SSSR count). The number of nitrogens with one attached hydrogen (secondary N) is 2. The second-order valence-electron chi connectivity index (χ2n) is 8.24. The number of carbonyl (C=O) groups is 2. The lowest BCUT2D eigenvalue weighted by atomic mass is 9.94. The lowest BCUT2D eigenvalue weighted by Crippen LogP contribution is -2.50. The number of piperidine rings is 1. The average Bonchev–Trinajstić information content (AvgIpc) is 2.91. The minimum Gasteiger partial charge on any atom is -0.353 e. The van der Waals surface area contributed by atoms with E-state index in [1.165, 1.54) is 44.9 Å². The third-order valence-corrected chi connectivity index (χ3v) is 6.29. The molecule has 2 aliphatic carbocycles. The fraction of sp³-hybridized carbons (Fsp3) is 0.900. The van der Waals surface area contributed by atoms with Gasteiger partial charge in [0.15, 0.2) is 0 Å². The predicted molar refractivity (Wildman–Crippen MR) is 99.3 cm³/mol. The monoisotopic (exact) mass is 349 g/mol. The van der Waals surface area contributed by atoms with Crippen molar-refractivity contribution in [3.63, 3.8) is 0 Å². The van der Waals surface area contributed by atoms with Gasteiger partial charge < -0.3 is 15.5 Å². The van der Waals surface area contributed by atoms with E-state index >= 15 is 0 Å². The molecule has 3 aliphatic rings. The predicted octanol–water partition coefficient (Wildman–Crippen LogP) is 3.58. The first-order valence-corrected chi connectivity index (χ1v) is 10.6. The first kappa shape index (κ1) is 18.5. The van der Waals surface area contributed by atoms with Crippen molar-refractivity contribution in [3.05, 3.63) is 0 Å². The number of hydrogen-bond donors (Lipinski definition) is 2. The van der Waals surface area contributed by atoms with Crippen molar-refractivity contribution in [1.29, 1.82) is 0 Å². The Kier molecular flexibility index (Phi) is 7.00. The summed E-state index contributed by atoms with van der Waals surface area (Å²) in [6.07, 6.45) is 15.0. The molecule has 3 amide bonds. The highest BCUT2D eigenvalue weighted by molar-refractivity contribution is 5.80. The van der Waals surface area contributed by atoms with Crippen molar-refractivity contribution >= 4 is 11.9 Å². The molecule has 0 bridgehead atoms. The van der Waals surface area contributed by atoms with E-state index in [1.807, 2.05) is 4.90 Å². The van der Waals surface area contributed by atoms with Crippen LogP contribution < -0.4 is 10.6 Å². The largest absolute Gasteiger partial charge is 0.353 e. The SMILES string of the molecule is O=C(NC1CCCCCC1)C1CCN(C(=O)NC2CCCCC2)CC1. The highest BCUT2D eigenvalue weighted by Gasteiger charge is 2.29. The molecular formula is C20H35N3O2. The van der Waals surface area contributed by atoms with Gasteiger partial charge in [0.25, 0.3) is 0 Å². The maximum absolute atomic E-state index is 12.5. The summed E-state index contributed by atoms with van der Waals surface area (Å²) in [6, 6.07) is 0.815. The summed E-state index contributed by atoms with van der Waals surface area (Å²) in [7, 11) is 0. The summed E-state index contributed by atoms with van der Waals surface area (Å²) >= 11 is 0. The van der Waals surface area contributed by atoms with Gasteiger partial charge in [-0.2, -0.15) is 0 Å². The maximum Gasteiger partial charge on any atom is 0.317 e. The van der Waals surface area contributed by atoms with Crippen molar-refractivity contribution in [1.82, 2.24) is 15.5 Å². The topological polar surface area (TPSA) is 61.4 Å². The summed E-state index contributed by atoms with van der Waals surface area (Å²) in [5.41, 5.74) is 0. The molecule has 0 aromatic rings. The van der Waals surface area contributed by atoms with Crippen LogP contribution >= 0.6 is 0 Å². The quantitative estimate of drug-likeness (QED) is 0.765.